The van der Waals surface area contributed by atoms with E-state index in [9.17, 15) is 21.6 Å². The Morgan fingerprint density at radius 3 is 2.18 bits per heavy atom. The van der Waals surface area contributed by atoms with Gasteiger partial charge >= 0.3 is 6.18 Å². The minimum absolute atomic E-state index is 0.0113. The Bertz CT molecular complexity index is 1070. The highest BCUT2D eigenvalue weighted by Crippen LogP contribution is 2.33. The average molecular weight is 410 g/mol. The predicted molar refractivity (Wildman–Crippen MR) is 97.9 cm³/mol. The molecule has 1 aromatic heterocycles. The van der Waals surface area contributed by atoms with Crippen LogP contribution in [-0.4, -0.2) is 35.7 Å². The van der Waals surface area contributed by atoms with Gasteiger partial charge in [-0.1, -0.05) is 29.8 Å². The van der Waals surface area contributed by atoms with Crippen LogP contribution in [-0.2, 0) is 16.0 Å². The first kappa shape index (κ1) is 20.1. The molecule has 3 rings (SSSR count). The molecule has 28 heavy (non-hydrogen) atoms. The maximum Gasteiger partial charge on any atom is 0.435 e. The lowest BCUT2D eigenvalue weighted by atomic mass is 10.1. The van der Waals surface area contributed by atoms with Crippen LogP contribution < -0.4 is 0 Å². The molecule has 0 amide bonds. The number of hydrogen-bond acceptors (Lipinski definition) is 4. The van der Waals surface area contributed by atoms with Crippen LogP contribution in [0.1, 0.15) is 11.3 Å². The Morgan fingerprint density at radius 2 is 1.64 bits per heavy atom. The van der Waals surface area contributed by atoms with Crippen molar-refractivity contribution < 1.29 is 26.7 Å². The third kappa shape index (κ3) is 4.10. The molecule has 0 aliphatic carbocycles. The summed E-state index contributed by atoms with van der Waals surface area (Å²) in [6.07, 6.45) is -4.62. The van der Waals surface area contributed by atoms with Gasteiger partial charge in [0.2, 0.25) is 0 Å². The minimum Gasteiger partial charge on any atom is -0.395 e. The lowest BCUT2D eigenvalue weighted by Crippen LogP contribution is -2.09. The molecule has 0 radical (unpaired) electrons. The van der Waals surface area contributed by atoms with Crippen LogP contribution >= 0.6 is 0 Å². The second kappa shape index (κ2) is 7.40. The lowest BCUT2D eigenvalue weighted by molar-refractivity contribution is -0.141. The van der Waals surface area contributed by atoms with Crippen molar-refractivity contribution in [2.75, 3.05) is 12.4 Å². The van der Waals surface area contributed by atoms with Gasteiger partial charge in [0.15, 0.2) is 15.5 Å². The first-order valence-corrected chi connectivity index (χ1v) is 9.95. The number of hydrogen-bond donors (Lipinski definition) is 1. The SMILES string of the molecule is Cc1ccc(-n2nc(C(F)(F)F)cc2-c2ccc(S(=O)(=O)CCO)cc2)cc1. The summed E-state index contributed by atoms with van der Waals surface area (Å²) < 4.78 is 64.8. The number of alkyl halides is 3. The van der Waals surface area contributed by atoms with Crippen molar-refractivity contribution in [2.45, 2.75) is 18.0 Å². The van der Waals surface area contributed by atoms with Gasteiger partial charge in [-0.3, -0.25) is 0 Å². The Labute approximate surface area is 160 Å². The van der Waals surface area contributed by atoms with E-state index in [-0.39, 0.29) is 10.6 Å². The molecule has 0 unspecified atom stereocenters. The Hall–Kier alpha value is -2.65. The van der Waals surface area contributed by atoms with Gasteiger partial charge in [-0.15, -0.1) is 0 Å². The van der Waals surface area contributed by atoms with E-state index in [2.05, 4.69) is 5.10 Å². The van der Waals surface area contributed by atoms with Gasteiger partial charge in [0.1, 0.15) is 0 Å². The summed E-state index contributed by atoms with van der Waals surface area (Å²) in [6.45, 7) is 1.35. The molecule has 148 valence electrons. The van der Waals surface area contributed by atoms with E-state index < -0.39 is 34.1 Å². The zero-order valence-corrected chi connectivity index (χ0v) is 15.6. The van der Waals surface area contributed by atoms with Crippen molar-refractivity contribution in [3.8, 4) is 16.9 Å². The molecule has 0 fully saturated rings. The molecule has 9 heteroatoms. The minimum atomic E-state index is -4.62. The van der Waals surface area contributed by atoms with Crippen LogP contribution in [0.5, 0.6) is 0 Å². The van der Waals surface area contributed by atoms with Crippen LogP contribution in [0.3, 0.4) is 0 Å². The van der Waals surface area contributed by atoms with Gasteiger partial charge in [-0.2, -0.15) is 18.3 Å². The summed E-state index contributed by atoms with van der Waals surface area (Å²) >= 11 is 0. The number of halogens is 3. The first-order chi connectivity index (χ1) is 13.1. The highest BCUT2D eigenvalue weighted by molar-refractivity contribution is 7.91. The Morgan fingerprint density at radius 1 is 1.04 bits per heavy atom. The summed E-state index contributed by atoms with van der Waals surface area (Å²) in [5.41, 5.74) is 0.925. The van der Waals surface area contributed by atoms with Crippen molar-refractivity contribution in [3.63, 3.8) is 0 Å². The fourth-order valence-corrected chi connectivity index (χ4v) is 3.71. The van der Waals surface area contributed by atoms with Gasteiger partial charge in [-0.25, -0.2) is 13.1 Å². The summed E-state index contributed by atoms with van der Waals surface area (Å²) in [5, 5.41) is 12.6. The fraction of sp³-hybridized carbons (Fsp3) is 0.211. The zero-order valence-electron chi connectivity index (χ0n) is 14.8. The van der Waals surface area contributed by atoms with Gasteiger partial charge < -0.3 is 5.11 Å². The normalized spacial score (nSPS) is 12.3. The average Bonchev–Trinajstić information content (AvgIpc) is 3.08. The molecule has 0 saturated heterocycles. The Balaban J connectivity index is 2.10. The first-order valence-electron chi connectivity index (χ1n) is 8.30. The summed E-state index contributed by atoms with van der Waals surface area (Å²) in [4.78, 5) is -0.0113. The van der Waals surface area contributed by atoms with Crippen LogP contribution in [0.25, 0.3) is 16.9 Å². The van der Waals surface area contributed by atoms with Crippen LogP contribution in [0, 0.1) is 6.92 Å². The number of aryl methyl sites for hydroxylation is 1. The van der Waals surface area contributed by atoms with Gasteiger partial charge in [0.05, 0.1) is 28.6 Å². The van der Waals surface area contributed by atoms with Gasteiger partial charge in [0.25, 0.3) is 0 Å². The van der Waals surface area contributed by atoms with Crippen molar-refractivity contribution in [3.05, 3.63) is 65.9 Å². The third-order valence-electron chi connectivity index (χ3n) is 4.15. The number of rotatable bonds is 5. The second-order valence-electron chi connectivity index (χ2n) is 6.23. The quantitative estimate of drug-likeness (QED) is 0.697. The largest absolute Gasteiger partial charge is 0.435 e. The number of aliphatic hydroxyl groups is 1. The highest BCUT2D eigenvalue weighted by atomic mass is 32.2. The number of aromatic nitrogens is 2. The Kier molecular flexibility index (Phi) is 5.31. The van der Waals surface area contributed by atoms with Crippen LogP contribution in [0.15, 0.2) is 59.5 Å². The number of aliphatic hydroxyl groups excluding tert-OH is 1. The molecule has 0 spiro atoms. The van der Waals surface area contributed by atoms with Crippen molar-refractivity contribution in [2.24, 2.45) is 0 Å². The van der Waals surface area contributed by atoms with Crippen molar-refractivity contribution >= 4 is 9.84 Å². The van der Waals surface area contributed by atoms with E-state index in [1.165, 1.54) is 28.9 Å². The maximum absolute atomic E-state index is 13.2. The molecule has 0 aliphatic heterocycles. The van der Waals surface area contributed by atoms with E-state index in [0.29, 0.717) is 11.3 Å². The lowest BCUT2D eigenvalue weighted by Gasteiger charge is -2.09. The summed E-state index contributed by atoms with van der Waals surface area (Å²) in [5.74, 6) is -0.425. The van der Waals surface area contributed by atoms with Crippen LogP contribution in [0.4, 0.5) is 13.2 Å². The highest BCUT2D eigenvalue weighted by Gasteiger charge is 2.35. The van der Waals surface area contributed by atoms with E-state index in [4.69, 9.17) is 5.11 Å². The van der Waals surface area contributed by atoms with E-state index in [0.717, 1.165) is 11.6 Å². The molecule has 2 aromatic carbocycles. The third-order valence-corrected chi connectivity index (χ3v) is 5.86. The van der Waals surface area contributed by atoms with Crippen molar-refractivity contribution in [1.29, 1.82) is 0 Å². The second-order valence-corrected chi connectivity index (χ2v) is 8.34. The number of nitrogens with zero attached hydrogens (tertiary/aromatic N) is 2. The standard InChI is InChI=1S/C19H17F3N2O3S/c1-13-2-6-15(7-3-13)24-17(12-18(23-24)19(20,21)22)14-4-8-16(9-5-14)28(26,27)11-10-25/h2-9,12,25H,10-11H2,1H3. The van der Waals surface area contributed by atoms with Crippen molar-refractivity contribution in [1.82, 2.24) is 9.78 Å². The molecule has 0 bridgehead atoms. The molecule has 0 atom stereocenters. The number of benzene rings is 2. The molecule has 3 aromatic rings. The molecule has 5 nitrogen and oxygen atoms in total. The topological polar surface area (TPSA) is 72.2 Å². The predicted octanol–water partition coefficient (Wildman–Crippen LogP) is 3.63. The monoisotopic (exact) mass is 410 g/mol. The molecular formula is C19H17F3N2O3S. The zero-order chi connectivity index (χ0) is 20.5. The molecular weight excluding hydrogens is 393 g/mol. The van der Waals surface area contributed by atoms with E-state index >= 15 is 0 Å². The van der Waals surface area contributed by atoms with Crippen LogP contribution in [0.2, 0.25) is 0 Å². The van der Waals surface area contributed by atoms with Gasteiger partial charge in [0, 0.05) is 5.56 Å². The fourth-order valence-electron chi connectivity index (χ4n) is 2.68. The summed E-state index contributed by atoms with van der Waals surface area (Å²) in [7, 11) is -3.65. The molecule has 1 N–H and O–H groups in total. The molecule has 1 heterocycles. The maximum atomic E-state index is 13.2. The van der Waals surface area contributed by atoms with E-state index in [1.54, 1.807) is 24.3 Å². The number of sulfone groups is 1. The molecule has 0 saturated carbocycles. The summed E-state index contributed by atoms with van der Waals surface area (Å²) in [6, 6.07) is 13.2. The van der Waals surface area contributed by atoms with Gasteiger partial charge in [-0.05, 0) is 37.3 Å². The van der Waals surface area contributed by atoms with E-state index in [1.807, 2.05) is 6.92 Å². The smallest absolute Gasteiger partial charge is 0.395 e. The molecule has 0 aliphatic rings.